The van der Waals surface area contributed by atoms with E-state index >= 15 is 0 Å². The summed E-state index contributed by atoms with van der Waals surface area (Å²) >= 11 is 0. The lowest BCUT2D eigenvalue weighted by Gasteiger charge is -2.15. The largest absolute Gasteiger partial charge is 0.497 e. The van der Waals surface area contributed by atoms with E-state index in [4.69, 9.17) is 14.2 Å². The third kappa shape index (κ3) is 3.39. The number of methoxy groups -OCH3 is 2. The van der Waals surface area contributed by atoms with E-state index in [1.54, 1.807) is 21.1 Å². The molecule has 3 rings (SSSR count). The van der Waals surface area contributed by atoms with E-state index < -0.39 is 5.97 Å². The van der Waals surface area contributed by atoms with Crippen molar-refractivity contribution in [2.24, 2.45) is 0 Å². The summed E-state index contributed by atoms with van der Waals surface area (Å²) in [5.41, 5.74) is 2.41. The smallest absolute Gasteiger partial charge is 0.341 e. The molecule has 1 N–H and O–H groups in total. The Morgan fingerprint density at radius 2 is 1.92 bits per heavy atom. The average molecular weight is 352 g/mol. The Kier molecular flexibility index (Phi) is 5.22. The van der Waals surface area contributed by atoms with Crippen molar-refractivity contribution in [3.63, 3.8) is 0 Å². The Morgan fingerprint density at radius 1 is 1.12 bits per heavy atom. The summed E-state index contributed by atoms with van der Waals surface area (Å²) in [7, 11) is 3.20. The van der Waals surface area contributed by atoms with Gasteiger partial charge in [-0.15, -0.1) is 0 Å². The Morgan fingerprint density at radius 3 is 2.65 bits per heavy atom. The highest BCUT2D eigenvalue weighted by Crippen LogP contribution is 2.34. The molecule has 6 heteroatoms. The Bertz CT molecular complexity index is 940. The number of ether oxygens (including phenoxy) is 3. The fourth-order valence-corrected chi connectivity index (χ4v) is 2.70. The van der Waals surface area contributed by atoms with Crippen LogP contribution in [0.15, 0.2) is 48.7 Å². The first-order chi connectivity index (χ1) is 12.7. The van der Waals surface area contributed by atoms with Crippen LogP contribution in [0.25, 0.3) is 10.9 Å². The molecule has 0 unspecified atom stereocenters. The molecule has 0 aliphatic carbocycles. The number of fused-ring (bicyclic) bond motifs is 1. The number of para-hydroxylation sites is 1. The Labute approximate surface area is 151 Å². The van der Waals surface area contributed by atoms with Crippen LogP contribution in [0.3, 0.4) is 0 Å². The van der Waals surface area contributed by atoms with Crippen molar-refractivity contribution in [2.75, 3.05) is 26.1 Å². The molecule has 3 aromatic rings. The number of rotatable bonds is 6. The number of carbonyl (C=O) groups excluding carboxylic acids is 1. The molecule has 0 amide bonds. The highest BCUT2D eigenvalue weighted by atomic mass is 16.5. The molecule has 1 aromatic heterocycles. The summed E-state index contributed by atoms with van der Waals surface area (Å²) in [6.45, 7) is 2.05. The Balaban J connectivity index is 2.17. The average Bonchev–Trinajstić information content (AvgIpc) is 2.68. The molecular weight excluding hydrogens is 332 g/mol. The van der Waals surface area contributed by atoms with E-state index in [0.29, 0.717) is 28.3 Å². The minimum absolute atomic E-state index is 0.285. The third-order valence-electron chi connectivity index (χ3n) is 3.91. The number of pyridine rings is 1. The lowest BCUT2D eigenvalue weighted by atomic mass is 10.1. The van der Waals surface area contributed by atoms with Crippen LogP contribution in [0.2, 0.25) is 0 Å². The van der Waals surface area contributed by atoms with E-state index in [0.717, 1.165) is 11.1 Å². The normalized spacial score (nSPS) is 10.4. The van der Waals surface area contributed by atoms with Gasteiger partial charge in [0, 0.05) is 23.3 Å². The summed E-state index contributed by atoms with van der Waals surface area (Å²) in [6.07, 6.45) is 1.51. The molecular formula is C20H20N2O4. The quantitative estimate of drug-likeness (QED) is 0.672. The zero-order valence-electron chi connectivity index (χ0n) is 14.9. The van der Waals surface area contributed by atoms with Crippen LogP contribution in [0.5, 0.6) is 11.5 Å². The summed E-state index contributed by atoms with van der Waals surface area (Å²) in [6, 6.07) is 13.0. The van der Waals surface area contributed by atoms with Crippen molar-refractivity contribution < 1.29 is 19.0 Å². The molecule has 0 bridgehead atoms. The molecule has 1 heterocycles. The van der Waals surface area contributed by atoms with E-state index in [-0.39, 0.29) is 6.61 Å². The molecule has 6 nitrogen and oxygen atoms in total. The molecule has 0 aliphatic rings. The van der Waals surface area contributed by atoms with Gasteiger partial charge in [0.05, 0.1) is 26.5 Å². The first-order valence-corrected chi connectivity index (χ1v) is 8.21. The number of anilines is 2. The molecule has 0 fully saturated rings. The van der Waals surface area contributed by atoms with Gasteiger partial charge in [-0.05, 0) is 25.1 Å². The zero-order chi connectivity index (χ0) is 18.5. The molecule has 2 aromatic carbocycles. The molecule has 0 spiro atoms. The van der Waals surface area contributed by atoms with Gasteiger partial charge in [0.2, 0.25) is 0 Å². The van der Waals surface area contributed by atoms with Crippen molar-refractivity contribution in [2.45, 2.75) is 6.92 Å². The summed E-state index contributed by atoms with van der Waals surface area (Å²) in [5.74, 6) is 0.908. The molecule has 0 radical (unpaired) electrons. The van der Waals surface area contributed by atoms with Gasteiger partial charge in [-0.3, -0.25) is 4.98 Å². The Hall–Kier alpha value is -3.28. The van der Waals surface area contributed by atoms with Crippen LogP contribution >= 0.6 is 0 Å². The van der Waals surface area contributed by atoms with Gasteiger partial charge >= 0.3 is 5.97 Å². The maximum absolute atomic E-state index is 12.4. The first-order valence-electron chi connectivity index (χ1n) is 8.21. The number of benzene rings is 2. The summed E-state index contributed by atoms with van der Waals surface area (Å²) in [4.78, 5) is 16.8. The topological polar surface area (TPSA) is 69.7 Å². The van der Waals surface area contributed by atoms with Crippen LogP contribution < -0.4 is 14.8 Å². The highest BCUT2D eigenvalue weighted by molar-refractivity contribution is 6.07. The number of carbonyl (C=O) groups is 1. The molecule has 0 atom stereocenters. The van der Waals surface area contributed by atoms with Crippen molar-refractivity contribution in [3.05, 3.63) is 54.2 Å². The predicted octanol–water partition coefficient (Wildman–Crippen LogP) is 4.17. The lowest BCUT2D eigenvalue weighted by molar-refractivity contribution is 0.0527. The second-order valence-electron chi connectivity index (χ2n) is 5.48. The summed E-state index contributed by atoms with van der Waals surface area (Å²) in [5, 5.41) is 4.07. The maximum Gasteiger partial charge on any atom is 0.341 e. The van der Waals surface area contributed by atoms with Crippen LogP contribution in [-0.4, -0.2) is 31.8 Å². The molecule has 0 saturated carbocycles. The molecule has 134 valence electrons. The van der Waals surface area contributed by atoms with Gasteiger partial charge in [0.1, 0.15) is 22.6 Å². The molecule has 0 aliphatic heterocycles. The minimum Gasteiger partial charge on any atom is -0.497 e. The molecule has 26 heavy (non-hydrogen) atoms. The number of hydrogen-bond acceptors (Lipinski definition) is 6. The van der Waals surface area contributed by atoms with Crippen molar-refractivity contribution in [1.82, 2.24) is 4.98 Å². The summed E-state index contributed by atoms with van der Waals surface area (Å²) < 4.78 is 15.8. The van der Waals surface area contributed by atoms with Crippen LogP contribution in [0.4, 0.5) is 11.4 Å². The van der Waals surface area contributed by atoms with Crippen molar-refractivity contribution >= 4 is 28.2 Å². The number of hydrogen-bond donors (Lipinski definition) is 1. The van der Waals surface area contributed by atoms with E-state index in [1.165, 1.54) is 6.20 Å². The van der Waals surface area contributed by atoms with Gasteiger partial charge < -0.3 is 19.5 Å². The van der Waals surface area contributed by atoms with E-state index in [1.807, 2.05) is 42.5 Å². The van der Waals surface area contributed by atoms with Crippen LogP contribution in [0.1, 0.15) is 17.3 Å². The first kappa shape index (κ1) is 17.5. The number of aromatic nitrogens is 1. The van der Waals surface area contributed by atoms with Crippen molar-refractivity contribution in [1.29, 1.82) is 0 Å². The third-order valence-corrected chi connectivity index (χ3v) is 3.91. The zero-order valence-corrected chi connectivity index (χ0v) is 14.9. The number of nitrogens with zero attached hydrogens (tertiary/aromatic N) is 1. The van der Waals surface area contributed by atoms with Gasteiger partial charge in [-0.2, -0.15) is 0 Å². The van der Waals surface area contributed by atoms with Crippen LogP contribution in [0, 0.1) is 0 Å². The second-order valence-corrected chi connectivity index (χ2v) is 5.48. The lowest BCUT2D eigenvalue weighted by Crippen LogP contribution is -2.09. The monoisotopic (exact) mass is 352 g/mol. The van der Waals surface area contributed by atoms with Gasteiger partial charge in [-0.25, -0.2) is 4.79 Å². The maximum atomic E-state index is 12.4. The van der Waals surface area contributed by atoms with E-state index in [9.17, 15) is 4.79 Å². The number of nitrogens with one attached hydrogen (secondary N) is 1. The van der Waals surface area contributed by atoms with E-state index in [2.05, 4.69) is 10.3 Å². The van der Waals surface area contributed by atoms with Crippen molar-refractivity contribution in [3.8, 4) is 11.5 Å². The predicted molar refractivity (Wildman–Crippen MR) is 101 cm³/mol. The SMILES string of the molecule is CCOC(=O)c1cnc2c(OC)cccc2c1Nc1cccc(OC)c1. The standard InChI is InChI=1S/C20H20N2O4/c1-4-26-20(23)16-12-21-19-15(9-6-10-17(19)25-3)18(16)22-13-7-5-8-14(11-13)24-2/h5-12H,4H2,1-3H3,(H,21,22). The van der Waals surface area contributed by atoms with Gasteiger partial charge in [-0.1, -0.05) is 18.2 Å². The highest BCUT2D eigenvalue weighted by Gasteiger charge is 2.18. The van der Waals surface area contributed by atoms with Crippen LogP contribution in [-0.2, 0) is 4.74 Å². The van der Waals surface area contributed by atoms with Gasteiger partial charge in [0.15, 0.2) is 0 Å². The fourth-order valence-electron chi connectivity index (χ4n) is 2.70. The van der Waals surface area contributed by atoms with Gasteiger partial charge in [0.25, 0.3) is 0 Å². The number of esters is 1. The minimum atomic E-state index is -0.435. The molecule has 0 saturated heterocycles. The fraction of sp³-hybridized carbons (Fsp3) is 0.200. The second kappa shape index (κ2) is 7.74.